The summed E-state index contributed by atoms with van der Waals surface area (Å²) < 4.78 is 2.24. The number of aryl methyl sites for hydroxylation is 1. The van der Waals surface area contributed by atoms with Crippen molar-refractivity contribution in [1.29, 1.82) is 0 Å². The number of para-hydroxylation sites is 2. The summed E-state index contributed by atoms with van der Waals surface area (Å²) in [5.41, 5.74) is 2.34. The number of aromatic nitrogens is 2. The Hall–Kier alpha value is -1.35. The third-order valence-electron chi connectivity index (χ3n) is 3.41. The summed E-state index contributed by atoms with van der Waals surface area (Å²) in [6.45, 7) is 3.38. The Morgan fingerprint density at radius 3 is 3.06 bits per heavy atom. The summed E-state index contributed by atoms with van der Waals surface area (Å²) in [4.78, 5) is 4.40. The van der Waals surface area contributed by atoms with E-state index in [9.17, 15) is 0 Å². The minimum Gasteiger partial charge on any atom is -0.331 e. The molecule has 1 heterocycles. The molecule has 0 aliphatic heterocycles. The number of hydrogen-bond donors (Lipinski definition) is 1. The summed E-state index contributed by atoms with van der Waals surface area (Å²) in [6.07, 6.45) is 5.98. The highest BCUT2D eigenvalue weighted by molar-refractivity contribution is 5.74. The molecule has 3 rings (SSSR count). The minimum atomic E-state index is 0.976. The van der Waals surface area contributed by atoms with Gasteiger partial charge in [0.25, 0.3) is 0 Å². The summed E-state index contributed by atoms with van der Waals surface area (Å²) in [7, 11) is 0. The molecule has 2 aromatic rings. The first-order chi connectivity index (χ1) is 8.43. The fourth-order valence-electron chi connectivity index (χ4n) is 2.19. The minimum absolute atomic E-state index is 0.976. The van der Waals surface area contributed by atoms with Crippen molar-refractivity contribution in [3.63, 3.8) is 0 Å². The molecule has 90 valence electrons. The average molecular weight is 229 g/mol. The fraction of sp³-hybridized carbons (Fsp3) is 0.500. The van der Waals surface area contributed by atoms with E-state index in [0.29, 0.717) is 0 Å². The molecule has 3 nitrogen and oxygen atoms in total. The maximum absolute atomic E-state index is 4.40. The van der Waals surface area contributed by atoms with Gasteiger partial charge in [0.15, 0.2) is 0 Å². The van der Waals surface area contributed by atoms with E-state index in [1.54, 1.807) is 0 Å². The average Bonchev–Trinajstić information content (AvgIpc) is 3.09. The van der Waals surface area contributed by atoms with Crippen molar-refractivity contribution in [1.82, 2.24) is 14.9 Å². The van der Waals surface area contributed by atoms with Crippen LogP contribution in [0.2, 0.25) is 0 Å². The van der Waals surface area contributed by atoms with Crippen molar-refractivity contribution >= 4 is 11.0 Å². The van der Waals surface area contributed by atoms with Gasteiger partial charge in [0, 0.05) is 6.54 Å². The molecule has 0 bridgehead atoms. The number of hydrogen-bond acceptors (Lipinski definition) is 2. The summed E-state index contributed by atoms with van der Waals surface area (Å²) >= 11 is 0. The molecule has 1 aliphatic rings. The number of nitrogens with zero attached hydrogens (tertiary/aromatic N) is 2. The SMILES string of the molecule is c1ccc2c(c1)ncn2CCCNCC1CC1. The highest BCUT2D eigenvalue weighted by Crippen LogP contribution is 2.27. The van der Waals surface area contributed by atoms with Crippen LogP contribution in [0.15, 0.2) is 30.6 Å². The van der Waals surface area contributed by atoms with Crippen LogP contribution in [0, 0.1) is 5.92 Å². The normalized spacial score (nSPS) is 15.5. The van der Waals surface area contributed by atoms with E-state index in [1.165, 1.54) is 31.3 Å². The molecule has 1 saturated carbocycles. The number of fused-ring (bicyclic) bond motifs is 1. The molecule has 1 fully saturated rings. The van der Waals surface area contributed by atoms with Crippen LogP contribution in [0.4, 0.5) is 0 Å². The predicted octanol–water partition coefficient (Wildman–Crippen LogP) is 2.43. The molecular weight excluding hydrogens is 210 g/mol. The number of imidazole rings is 1. The molecule has 1 aromatic carbocycles. The molecule has 17 heavy (non-hydrogen) atoms. The van der Waals surface area contributed by atoms with Crippen LogP contribution in [-0.4, -0.2) is 22.6 Å². The highest BCUT2D eigenvalue weighted by Gasteiger charge is 2.19. The van der Waals surface area contributed by atoms with E-state index in [2.05, 4.69) is 33.1 Å². The first-order valence-corrected chi connectivity index (χ1v) is 6.54. The quantitative estimate of drug-likeness (QED) is 0.771. The first-order valence-electron chi connectivity index (χ1n) is 6.54. The van der Waals surface area contributed by atoms with Crippen LogP contribution in [0.3, 0.4) is 0 Å². The standard InChI is InChI=1S/C14H19N3/c1-2-5-14-13(4-1)16-11-17(14)9-3-8-15-10-12-6-7-12/h1-2,4-5,11-12,15H,3,6-10H2. The molecule has 0 atom stereocenters. The van der Waals surface area contributed by atoms with Crippen LogP contribution in [0.25, 0.3) is 11.0 Å². The van der Waals surface area contributed by atoms with Gasteiger partial charge in [0.2, 0.25) is 0 Å². The zero-order valence-electron chi connectivity index (χ0n) is 10.1. The lowest BCUT2D eigenvalue weighted by Crippen LogP contribution is -2.19. The maximum atomic E-state index is 4.40. The lowest BCUT2D eigenvalue weighted by atomic mass is 10.3. The Morgan fingerprint density at radius 1 is 1.29 bits per heavy atom. The molecular formula is C14H19N3. The van der Waals surface area contributed by atoms with E-state index in [0.717, 1.165) is 24.5 Å². The lowest BCUT2D eigenvalue weighted by molar-refractivity contribution is 0.571. The lowest BCUT2D eigenvalue weighted by Gasteiger charge is -2.05. The van der Waals surface area contributed by atoms with Gasteiger partial charge in [0.05, 0.1) is 17.4 Å². The van der Waals surface area contributed by atoms with Gasteiger partial charge in [-0.05, 0) is 50.4 Å². The number of nitrogens with one attached hydrogen (secondary N) is 1. The molecule has 3 heteroatoms. The third-order valence-corrected chi connectivity index (χ3v) is 3.41. The van der Waals surface area contributed by atoms with Gasteiger partial charge >= 0.3 is 0 Å². The number of rotatable bonds is 6. The molecule has 0 amide bonds. The van der Waals surface area contributed by atoms with E-state index < -0.39 is 0 Å². The topological polar surface area (TPSA) is 29.9 Å². The van der Waals surface area contributed by atoms with E-state index in [-0.39, 0.29) is 0 Å². The van der Waals surface area contributed by atoms with E-state index >= 15 is 0 Å². The molecule has 1 N–H and O–H groups in total. The zero-order chi connectivity index (χ0) is 11.5. The Bertz CT molecular complexity index is 485. The second-order valence-electron chi connectivity index (χ2n) is 4.93. The molecule has 0 unspecified atom stereocenters. The van der Waals surface area contributed by atoms with Gasteiger partial charge in [-0.25, -0.2) is 4.98 Å². The Morgan fingerprint density at radius 2 is 2.18 bits per heavy atom. The molecule has 1 aliphatic carbocycles. The van der Waals surface area contributed by atoms with Crippen LogP contribution in [-0.2, 0) is 6.54 Å². The second kappa shape index (κ2) is 4.88. The fourth-order valence-corrected chi connectivity index (χ4v) is 2.19. The van der Waals surface area contributed by atoms with Gasteiger partial charge in [0.1, 0.15) is 0 Å². The molecule has 0 spiro atoms. The van der Waals surface area contributed by atoms with Gasteiger partial charge in [-0.15, -0.1) is 0 Å². The molecule has 1 aromatic heterocycles. The van der Waals surface area contributed by atoms with Gasteiger partial charge in [-0.3, -0.25) is 0 Å². The zero-order valence-corrected chi connectivity index (χ0v) is 10.1. The Labute approximate surface area is 102 Å². The number of benzene rings is 1. The van der Waals surface area contributed by atoms with Crippen molar-refractivity contribution in [2.75, 3.05) is 13.1 Å². The first kappa shape index (κ1) is 10.8. The van der Waals surface area contributed by atoms with Crippen molar-refractivity contribution in [3.8, 4) is 0 Å². The highest BCUT2D eigenvalue weighted by atomic mass is 15.0. The smallest absolute Gasteiger partial charge is 0.0958 e. The monoisotopic (exact) mass is 229 g/mol. The van der Waals surface area contributed by atoms with Crippen LogP contribution < -0.4 is 5.32 Å². The third kappa shape index (κ3) is 2.67. The Kier molecular flexibility index (Phi) is 3.10. The van der Waals surface area contributed by atoms with Gasteiger partial charge < -0.3 is 9.88 Å². The molecule has 0 radical (unpaired) electrons. The van der Waals surface area contributed by atoms with E-state index in [1.807, 2.05) is 12.4 Å². The van der Waals surface area contributed by atoms with Crippen LogP contribution in [0.5, 0.6) is 0 Å². The molecule has 0 saturated heterocycles. The Balaban J connectivity index is 1.50. The van der Waals surface area contributed by atoms with Crippen molar-refractivity contribution in [2.45, 2.75) is 25.8 Å². The van der Waals surface area contributed by atoms with Crippen molar-refractivity contribution < 1.29 is 0 Å². The van der Waals surface area contributed by atoms with Crippen molar-refractivity contribution in [2.24, 2.45) is 5.92 Å². The second-order valence-corrected chi connectivity index (χ2v) is 4.93. The van der Waals surface area contributed by atoms with Crippen LogP contribution in [0.1, 0.15) is 19.3 Å². The van der Waals surface area contributed by atoms with Crippen LogP contribution >= 0.6 is 0 Å². The van der Waals surface area contributed by atoms with Gasteiger partial charge in [-0.1, -0.05) is 12.1 Å². The maximum Gasteiger partial charge on any atom is 0.0958 e. The summed E-state index contributed by atoms with van der Waals surface area (Å²) in [5, 5.41) is 3.52. The van der Waals surface area contributed by atoms with Crippen molar-refractivity contribution in [3.05, 3.63) is 30.6 Å². The van der Waals surface area contributed by atoms with E-state index in [4.69, 9.17) is 0 Å². The van der Waals surface area contributed by atoms with Gasteiger partial charge in [-0.2, -0.15) is 0 Å². The predicted molar refractivity (Wildman–Crippen MR) is 69.9 cm³/mol. The largest absolute Gasteiger partial charge is 0.331 e. The summed E-state index contributed by atoms with van der Waals surface area (Å²) in [5.74, 6) is 0.976. The summed E-state index contributed by atoms with van der Waals surface area (Å²) in [6, 6.07) is 8.32.